The molecule has 23 heavy (non-hydrogen) atoms. The van der Waals surface area contributed by atoms with Gasteiger partial charge in [-0.2, -0.15) is 0 Å². The van der Waals surface area contributed by atoms with Crippen molar-refractivity contribution in [1.29, 1.82) is 0 Å². The molecule has 0 unspecified atom stereocenters. The summed E-state index contributed by atoms with van der Waals surface area (Å²) in [6.07, 6.45) is 6.47. The van der Waals surface area contributed by atoms with E-state index in [2.05, 4.69) is 0 Å². The van der Waals surface area contributed by atoms with Crippen molar-refractivity contribution in [1.82, 2.24) is 0 Å². The molecule has 0 aromatic heterocycles. The molecule has 2 nitrogen and oxygen atoms in total. The van der Waals surface area contributed by atoms with Crippen LogP contribution in [0.25, 0.3) is 12.2 Å². The molecule has 0 radical (unpaired) electrons. The first-order valence-electron chi connectivity index (χ1n) is 6.85. The van der Waals surface area contributed by atoms with Crippen LogP contribution in [0.5, 0.6) is 0 Å². The summed E-state index contributed by atoms with van der Waals surface area (Å²) in [7, 11) is 0. The Bertz CT molecular complexity index is 789. The smallest absolute Gasteiger partial charge is 0.182 e. The Kier molecular flexibility index (Phi) is 5.58. The van der Waals surface area contributed by atoms with E-state index >= 15 is 0 Å². The van der Waals surface area contributed by atoms with Gasteiger partial charge in [0.05, 0.1) is 0 Å². The Balaban J connectivity index is 2.01. The van der Waals surface area contributed by atoms with Crippen LogP contribution in [-0.4, -0.2) is 10.9 Å². The number of carbonyl (C=O) groups excluding carboxylic acids is 1. The van der Waals surface area contributed by atoms with E-state index in [1.807, 2.05) is 0 Å². The van der Waals surface area contributed by atoms with Gasteiger partial charge in [0, 0.05) is 6.08 Å². The van der Waals surface area contributed by atoms with Crippen LogP contribution in [0.15, 0.2) is 72.5 Å². The van der Waals surface area contributed by atoms with Crippen molar-refractivity contribution >= 4 is 17.9 Å². The van der Waals surface area contributed by atoms with Gasteiger partial charge in [0.1, 0.15) is 17.4 Å². The molecule has 2 aromatic carbocycles. The second-order valence-corrected chi connectivity index (χ2v) is 4.75. The van der Waals surface area contributed by atoms with E-state index in [0.717, 1.165) is 6.08 Å². The first-order valence-corrected chi connectivity index (χ1v) is 6.85. The first kappa shape index (κ1) is 16.4. The van der Waals surface area contributed by atoms with Gasteiger partial charge in [-0.05, 0) is 47.5 Å². The number of aliphatic hydroxyl groups excluding tert-OH is 1. The number of hydrogen-bond donors (Lipinski definition) is 1. The normalized spacial score (nSPS) is 12.2. The van der Waals surface area contributed by atoms with E-state index in [1.54, 1.807) is 18.2 Å². The summed E-state index contributed by atoms with van der Waals surface area (Å²) in [4.78, 5) is 11.7. The molecule has 0 atom stereocenters. The minimum Gasteiger partial charge on any atom is -0.508 e. The lowest BCUT2D eigenvalue weighted by Crippen LogP contribution is -1.88. The van der Waals surface area contributed by atoms with Crippen LogP contribution in [0.2, 0.25) is 0 Å². The van der Waals surface area contributed by atoms with E-state index in [0.29, 0.717) is 11.1 Å². The van der Waals surface area contributed by atoms with E-state index < -0.39 is 11.6 Å². The summed E-state index contributed by atoms with van der Waals surface area (Å²) in [6.45, 7) is 0. The van der Waals surface area contributed by atoms with Crippen LogP contribution in [0, 0.1) is 11.6 Å². The third-order valence-corrected chi connectivity index (χ3v) is 2.87. The Hall–Kier alpha value is -3.01. The van der Waals surface area contributed by atoms with Crippen LogP contribution in [0.4, 0.5) is 8.78 Å². The quantitative estimate of drug-likeness (QED) is 0.493. The number of carbonyl (C=O) groups is 1. The van der Waals surface area contributed by atoms with Gasteiger partial charge in [-0.3, -0.25) is 4.79 Å². The average molecular weight is 312 g/mol. The Morgan fingerprint density at radius 3 is 1.91 bits per heavy atom. The van der Waals surface area contributed by atoms with Crippen LogP contribution < -0.4 is 0 Å². The number of hydrogen-bond acceptors (Lipinski definition) is 2. The maximum absolute atomic E-state index is 13.0. The highest BCUT2D eigenvalue weighted by molar-refractivity contribution is 6.02. The summed E-state index contributed by atoms with van der Waals surface area (Å²) in [5.74, 6) is -1.49. The van der Waals surface area contributed by atoms with Crippen molar-refractivity contribution in [2.45, 2.75) is 0 Å². The number of ketones is 1. The second-order valence-electron chi connectivity index (χ2n) is 4.75. The predicted molar refractivity (Wildman–Crippen MR) is 86.6 cm³/mol. The molecule has 0 saturated heterocycles. The highest BCUT2D eigenvalue weighted by atomic mass is 19.1. The molecule has 0 aliphatic heterocycles. The summed E-state index contributed by atoms with van der Waals surface area (Å²) < 4.78 is 26.0. The molecular formula is C19H14F2O2. The fourth-order valence-corrected chi connectivity index (χ4v) is 1.82. The van der Waals surface area contributed by atoms with Crippen molar-refractivity contribution in [3.8, 4) is 0 Å². The zero-order valence-corrected chi connectivity index (χ0v) is 12.1. The fraction of sp³-hybridized carbons (Fsp3) is 0. The topological polar surface area (TPSA) is 37.3 Å². The average Bonchev–Trinajstić information content (AvgIpc) is 2.51. The maximum atomic E-state index is 13.0. The van der Waals surface area contributed by atoms with Crippen LogP contribution in [0.1, 0.15) is 11.1 Å². The van der Waals surface area contributed by atoms with Gasteiger partial charge in [0.15, 0.2) is 5.78 Å². The summed E-state index contributed by atoms with van der Waals surface area (Å²) in [5, 5.41) is 9.66. The van der Waals surface area contributed by atoms with Gasteiger partial charge in [-0.1, -0.05) is 36.4 Å². The van der Waals surface area contributed by atoms with E-state index in [4.69, 9.17) is 0 Å². The summed E-state index contributed by atoms with van der Waals surface area (Å²) in [6, 6.07) is 11.6. The van der Waals surface area contributed by atoms with Gasteiger partial charge in [0.2, 0.25) is 0 Å². The largest absolute Gasteiger partial charge is 0.508 e. The van der Waals surface area contributed by atoms with Crippen molar-refractivity contribution in [3.05, 3.63) is 95.3 Å². The monoisotopic (exact) mass is 312 g/mol. The second kappa shape index (κ2) is 7.84. The number of benzene rings is 2. The standard InChI is InChI=1S/C19H14F2O2/c20-16-5-1-3-14(11-16)7-9-18(22)13-19(23)10-8-15-4-2-6-17(21)12-15/h1-13,22H/b9-7+,10-8+,18-13-. The summed E-state index contributed by atoms with van der Waals surface area (Å²) in [5.41, 5.74) is 1.11. The molecule has 0 aliphatic rings. The Labute approximate surface area is 132 Å². The SMILES string of the molecule is O=C(/C=C(O)/C=C/c1cccc(F)c1)/C=C/c1cccc(F)c1. The highest BCUT2D eigenvalue weighted by Gasteiger charge is 1.96. The van der Waals surface area contributed by atoms with E-state index in [1.165, 1.54) is 54.6 Å². The van der Waals surface area contributed by atoms with Crippen LogP contribution >= 0.6 is 0 Å². The van der Waals surface area contributed by atoms with Gasteiger partial charge >= 0.3 is 0 Å². The van der Waals surface area contributed by atoms with E-state index in [-0.39, 0.29) is 11.6 Å². The van der Waals surface area contributed by atoms with Gasteiger partial charge in [0.25, 0.3) is 0 Å². The van der Waals surface area contributed by atoms with Crippen molar-refractivity contribution in [3.63, 3.8) is 0 Å². The minimum absolute atomic E-state index is 0.261. The fourth-order valence-electron chi connectivity index (χ4n) is 1.82. The molecule has 0 bridgehead atoms. The molecule has 0 saturated carbocycles. The van der Waals surface area contributed by atoms with Crippen LogP contribution in [-0.2, 0) is 4.79 Å². The lowest BCUT2D eigenvalue weighted by Gasteiger charge is -1.94. The van der Waals surface area contributed by atoms with Crippen molar-refractivity contribution in [2.75, 3.05) is 0 Å². The third kappa shape index (κ3) is 5.71. The summed E-state index contributed by atoms with van der Waals surface area (Å²) >= 11 is 0. The molecule has 2 aromatic rings. The molecule has 4 heteroatoms. The van der Waals surface area contributed by atoms with Gasteiger partial charge in [-0.25, -0.2) is 8.78 Å². The Morgan fingerprint density at radius 1 is 0.870 bits per heavy atom. The maximum Gasteiger partial charge on any atom is 0.182 e. The zero-order valence-electron chi connectivity index (χ0n) is 12.1. The number of allylic oxidation sites excluding steroid dienone is 3. The third-order valence-electron chi connectivity index (χ3n) is 2.87. The first-order chi connectivity index (χ1) is 11.0. The van der Waals surface area contributed by atoms with E-state index in [9.17, 15) is 18.7 Å². The molecule has 0 heterocycles. The molecule has 0 fully saturated rings. The van der Waals surface area contributed by atoms with Crippen molar-refractivity contribution in [2.24, 2.45) is 0 Å². The molecule has 116 valence electrons. The molecular weight excluding hydrogens is 298 g/mol. The molecule has 1 N–H and O–H groups in total. The lowest BCUT2D eigenvalue weighted by atomic mass is 10.1. The molecule has 2 rings (SSSR count). The Morgan fingerprint density at radius 2 is 1.39 bits per heavy atom. The number of halogens is 2. The van der Waals surface area contributed by atoms with Crippen LogP contribution in [0.3, 0.4) is 0 Å². The van der Waals surface area contributed by atoms with Gasteiger partial charge in [-0.15, -0.1) is 0 Å². The number of aliphatic hydroxyl groups is 1. The van der Waals surface area contributed by atoms with Gasteiger partial charge < -0.3 is 5.11 Å². The lowest BCUT2D eigenvalue weighted by molar-refractivity contribution is -0.110. The highest BCUT2D eigenvalue weighted by Crippen LogP contribution is 2.08. The molecule has 0 aliphatic carbocycles. The molecule has 0 amide bonds. The van der Waals surface area contributed by atoms with Crippen molar-refractivity contribution < 1.29 is 18.7 Å². The molecule has 0 spiro atoms. The predicted octanol–water partition coefficient (Wildman–Crippen LogP) is 4.70. The number of rotatable bonds is 5. The zero-order chi connectivity index (χ0) is 16.7. The minimum atomic E-state index is -0.448.